The molecule has 0 spiro atoms. The number of rotatable bonds is 9. The van der Waals surface area contributed by atoms with E-state index >= 15 is 0 Å². The molecule has 1 aliphatic rings. The molecule has 0 amide bonds. The maximum Gasteiger partial charge on any atom is 0.316 e. The maximum absolute atomic E-state index is 12.7. The number of aromatic nitrogens is 2. The number of nitrogens with zero attached hydrogens (tertiary/aromatic N) is 2. The first-order chi connectivity index (χ1) is 14.1. The molecule has 0 radical (unpaired) electrons. The lowest BCUT2D eigenvalue weighted by molar-refractivity contribution is -0.150. The van der Waals surface area contributed by atoms with Crippen molar-refractivity contribution in [1.29, 1.82) is 0 Å². The highest BCUT2D eigenvalue weighted by atomic mass is 35.5. The number of unbranched alkanes of at least 4 members (excludes halogenated alkanes) is 1. The Morgan fingerprint density at radius 3 is 2.52 bits per heavy atom. The zero-order chi connectivity index (χ0) is 20.9. The third-order valence-electron chi connectivity index (χ3n) is 5.88. The number of carbonyl (C=O) groups excluding carboxylic acids is 2. The van der Waals surface area contributed by atoms with Crippen LogP contribution >= 0.6 is 11.6 Å². The van der Waals surface area contributed by atoms with Gasteiger partial charge >= 0.3 is 5.97 Å². The molecule has 0 atom stereocenters. The number of carbonyl (C=O) groups is 2. The fraction of sp³-hybridized carbons (Fsp3) is 0.522. The molecule has 0 bridgehead atoms. The van der Waals surface area contributed by atoms with Crippen LogP contribution in [-0.4, -0.2) is 28.4 Å². The number of halogens is 1. The van der Waals surface area contributed by atoms with Crippen molar-refractivity contribution in [3.63, 3.8) is 0 Å². The minimum absolute atomic E-state index is 0.114. The summed E-state index contributed by atoms with van der Waals surface area (Å²) in [6.07, 6.45) is 7.34. The summed E-state index contributed by atoms with van der Waals surface area (Å²) in [5, 5.41) is 0.259. The number of aldehydes is 1. The van der Waals surface area contributed by atoms with Crippen molar-refractivity contribution < 1.29 is 14.3 Å². The van der Waals surface area contributed by atoms with Gasteiger partial charge in [0.05, 0.1) is 12.0 Å². The maximum atomic E-state index is 12.7. The Morgan fingerprint density at radius 1 is 1.24 bits per heavy atom. The molecule has 1 saturated carbocycles. The molecule has 1 fully saturated rings. The fourth-order valence-corrected chi connectivity index (χ4v) is 4.51. The first-order valence-corrected chi connectivity index (χ1v) is 10.9. The SMILES string of the molecule is CCCCc1nc(Cl)c(C=O)n1Cc1ccc(C2(C(=O)OCC)CCCC2)cc1. The molecule has 1 heterocycles. The van der Waals surface area contributed by atoms with Crippen LogP contribution in [0.5, 0.6) is 0 Å². The second-order valence-electron chi connectivity index (χ2n) is 7.72. The number of benzene rings is 1. The van der Waals surface area contributed by atoms with Crippen molar-refractivity contribution in [2.75, 3.05) is 6.61 Å². The van der Waals surface area contributed by atoms with E-state index in [1.54, 1.807) is 0 Å². The standard InChI is InChI=1S/C23H29ClN2O3/c1-3-5-8-20-25-21(24)19(16-27)26(20)15-17-9-11-18(12-10-17)23(13-6-7-14-23)22(28)29-4-2/h9-12,16H,3-8,13-15H2,1-2H3. The van der Waals surface area contributed by atoms with Gasteiger partial charge in [-0.3, -0.25) is 9.59 Å². The summed E-state index contributed by atoms with van der Waals surface area (Å²) < 4.78 is 7.29. The van der Waals surface area contributed by atoms with Crippen LogP contribution in [0.3, 0.4) is 0 Å². The first-order valence-electron chi connectivity index (χ1n) is 10.5. The van der Waals surface area contributed by atoms with Crippen molar-refractivity contribution in [1.82, 2.24) is 9.55 Å². The Morgan fingerprint density at radius 2 is 1.93 bits per heavy atom. The molecule has 0 N–H and O–H groups in total. The minimum atomic E-state index is -0.521. The largest absolute Gasteiger partial charge is 0.465 e. The summed E-state index contributed by atoms with van der Waals surface area (Å²) >= 11 is 6.17. The molecule has 3 rings (SSSR count). The quantitative estimate of drug-likeness (QED) is 0.420. The Kier molecular flexibility index (Phi) is 7.12. The number of imidazole rings is 1. The highest BCUT2D eigenvalue weighted by Gasteiger charge is 2.43. The summed E-state index contributed by atoms with van der Waals surface area (Å²) in [4.78, 5) is 28.6. The van der Waals surface area contributed by atoms with E-state index in [2.05, 4.69) is 11.9 Å². The van der Waals surface area contributed by atoms with Gasteiger partial charge in [0.1, 0.15) is 11.5 Å². The molecule has 1 aromatic carbocycles. The first kappa shape index (κ1) is 21.6. The average molecular weight is 417 g/mol. The van der Waals surface area contributed by atoms with Crippen LogP contribution in [-0.2, 0) is 27.9 Å². The van der Waals surface area contributed by atoms with E-state index < -0.39 is 5.41 Å². The van der Waals surface area contributed by atoms with Crippen LogP contribution in [0.25, 0.3) is 0 Å². The van der Waals surface area contributed by atoms with Gasteiger partial charge in [0.15, 0.2) is 11.4 Å². The molecule has 0 aliphatic heterocycles. The third-order valence-corrected chi connectivity index (χ3v) is 6.16. The van der Waals surface area contributed by atoms with Gasteiger partial charge in [-0.25, -0.2) is 4.98 Å². The van der Waals surface area contributed by atoms with Crippen LogP contribution in [0.15, 0.2) is 24.3 Å². The van der Waals surface area contributed by atoms with Crippen LogP contribution in [0.2, 0.25) is 5.15 Å². The summed E-state index contributed by atoms with van der Waals surface area (Å²) in [7, 11) is 0. The van der Waals surface area contributed by atoms with Crippen molar-refractivity contribution >= 4 is 23.9 Å². The van der Waals surface area contributed by atoms with Crippen LogP contribution in [0, 0.1) is 0 Å². The Balaban J connectivity index is 1.86. The monoisotopic (exact) mass is 416 g/mol. The van der Waals surface area contributed by atoms with Crippen LogP contribution < -0.4 is 0 Å². The molecular formula is C23H29ClN2O3. The fourth-order valence-electron chi connectivity index (χ4n) is 4.27. The molecule has 29 heavy (non-hydrogen) atoms. The number of hydrogen-bond donors (Lipinski definition) is 0. The zero-order valence-electron chi connectivity index (χ0n) is 17.2. The van der Waals surface area contributed by atoms with E-state index in [4.69, 9.17) is 16.3 Å². The molecule has 6 heteroatoms. The van der Waals surface area contributed by atoms with E-state index in [1.807, 2.05) is 35.8 Å². The highest BCUT2D eigenvalue weighted by molar-refractivity contribution is 6.31. The second-order valence-corrected chi connectivity index (χ2v) is 8.08. The van der Waals surface area contributed by atoms with Gasteiger partial charge in [-0.1, -0.05) is 62.1 Å². The molecule has 0 saturated heterocycles. The molecule has 156 valence electrons. The molecular weight excluding hydrogens is 388 g/mol. The molecule has 5 nitrogen and oxygen atoms in total. The van der Waals surface area contributed by atoms with Gasteiger partial charge in [0.2, 0.25) is 0 Å². The Hall–Kier alpha value is -2.14. The molecule has 2 aromatic rings. The summed E-state index contributed by atoms with van der Waals surface area (Å²) in [6.45, 7) is 4.89. The topological polar surface area (TPSA) is 61.2 Å². The van der Waals surface area contributed by atoms with Crippen molar-refractivity contribution in [2.45, 2.75) is 70.8 Å². The van der Waals surface area contributed by atoms with Crippen molar-refractivity contribution in [3.05, 3.63) is 52.1 Å². The van der Waals surface area contributed by atoms with Crippen LogP contribution in [0.1, 0.15) is 79.8 Å². The average Bonchev–Trinajstić information content (AvgIpc) is 3.33. The van der Waals surface area contributed by atoms with Gasteiger partial charge in [-0.15, -0.1) is 0 Å². The summed E-state index contributed by atoms with van der Waals surface area (Å²) in [5.41, 5.74) is 1.96. The van der Waals surface area contributed by atoms with Gasteiger partial charge in [0.25, 0.3) is 0 Å². The van der Waals surface area contributed by atoms with E-state index in [-0.39, 0.29) is 11.1 Å². The second kappa shape index (κ2) is 9.57. The smallest absolute Gasteiger partial charge is 0.316 e. The van der Waals surface area contributed by atoms with Crippen LogP contribution in [0.4, 0.5) is 0 Å². The lowest BCUT2D eigenvalue weighted by Crippen LogP contribution is -2.34. The summed E-state index contributed by atoms with van der Waals surface area (Å²) in [6, 6.07) is 8.12. The molecule has 1 aromatic heterocycles. The normalized spacial score (nSPS) is 15.4. The van der Waals surface area contributed by atoms with E-state index in [9.17, 15) is 9.59 Å². The lowest BCUT2D eigenvalue weighted by Gasteiger charge is -2.27. The molecule has 1 aliphatic carbocycles. The van der Waals surface area contributed by atoms with E-state index in [1.165, 1.54) is 0 Å². The number of ether oxygens (including phenoxy) is 1. The lowest BCUT2D eigenvalue weighted by atomic mass is 9.78. The van der Waals surface area contributed by atoms with Gasteiger partial charge in [-0.2, -0.15) is 0 Å². The van der Waals surface area contributed by atoms with Gasteiger partial charge < -0.3 is 9.30 Å². The van der Waals surface area contributed by atoms with Crippen molar-refractivity contribution in [2.24, 2.45) is 0 Å². The zero-order valence-corrected chi connectivity index (χ0v) is 18.0. The van der Waals surface area contributed by atoms with Crippen molar-refractivity contribution in [3.8, 4) is 0 Å². The van der Waals surface area contributed by atoms with E-state index in [0.717, 1.165) is 68.2 Å². The predicted molar refractivity (Wildman–Crippen MR) is 114 cm³/mol. The molecule has 0 unspecified atom stereocenters. The Labute approximate surface area is 177 Å². The van der Waals surface area contributed by atoms with Gasteiger partial charge in [-0.05, 0) is 37.3 Å². The third kappa shape index (κ3) is 4.40. The predicted octanol–water partition coefficient (Wildman–Crippen LogP) is 5.11. The van der Waals surface area contributed by atoms with Gasteiger partial charge in [0, 0.05) is 13.0 Å². The Bertz CT molecular complexity index is 852. The number of aryl methyl sites for hydroxylation is 1. The summed E-state index contributed by atoms with van der Waals surface area (Å²) in [5.74, 6) is 0.721. The number of hydrogen-bond acceptors (Lipinski definition) is 4. The highest BCUT2D eigenvalue weighted by Crippen LogP contribution is 2.42. The van der Waals surface area contributed by atoms with E-state index in [0.29, 0.717) is 18.8 Å². The number of esters is 1. The minimum Gasteiger partial charge on any atom is -0.465 e.